The van der Waals surface area contributed by atoms with Crippen molar-refractivity contribution >= 4 is 11.4 Å². The molecule has 1 saturated carbocycles. The van der Waals surface area contributed by atoms with Gasteiger partial charge in [-0.3, -0.25) is 9.78 Å². The van der Waals surface area contributed by atoms with Crippen molar-refractivity contribution in [1.29, 1.82) is 0 Å². The summed E-state index contributed by atoms with van der Waals surface area (Å²) in [5.41, 5.74) is 8.74. The Hall–Kier alpha value is -3.76. The predicted molar refractivity (Wildman–Crippen MR) is 148 cm³/mol. The number of nitrogens with zero attached hydrogens (tertiary/aromatic N) is 4. The van der Waals surface area contributed by atoms with Crippen LogP contribution in [0.1, 0.15) is 66.8 Å². The molecule has 0 spiro atoms. The second-order valence-corrected chi connectivity index (χ2v) is 10.9. The highest BCUT2D eigenvalue weighted by Crippen LogP contribution is 2.38. The number of nitrogens with one attached hydrogen (secondary N) is 1. The first-order chi connectivity index (χ1) is 19.2. The molecule has 1 aromatic carbocycles. The van der Waals surface area contributed by atoms with E-state index in [1.54, 1.807) is 43.9 Å². The molecule has 0 saturated heterocycles. The average Bonchev–Trinajstić information content (AvgIpc) is 3.30. The first kappa shape index (κ1) is 27.8. The molecule has 210 valence electrons. The number of carbonyl (C=O) groups is 1. The Morgan fingerprint density at radius 1 is 1.18 bits per heavy atom. The highest BCUT2D eigenvalue weighted by molar-refractivity contribution is 5.96. The zero-order valence-corrected chi connectivity index (χ0v) is 23.1. The summed E-state index contributed by atoms with van der Waals surface area (Å²) in [5.74, 6) is -1.23. The van der Waals surface area contributed by atoms with Gasteiger partial charge in [0, 0.05) is 38.0 Å². The highest BCUT2D eigenvalue weighted by Gasteiger charge is 2.35. The Morgan fingerprint density at radius 2 is 1.98 bits per heavy atom. The standard InChI is InChI=1S/C30H34F2N6O2/c1-16(2)36-30(39)22-6-7-23(31)27(28(22)32)25-8-5-20-15-35-26(38(20)37-25)13-19-14-34-10-9-21(19)18-11-17(3)29(40-4)24(33)12-18/h5-10,14-18,24,29H,11-13,33H2,1-4H3,(H,36,39)/t17-,18+,24+,29+/m0/s1. The number of ether oxygens (including phenoxy) is 1. The third-order valence-electron chi connectivity index (χ3n) is 7.66. The number of hydrogen-bond acceptors (Lipinski definition) is 6. The summed E-state index contributed by atoms with van der Waals surface area (Å²) in [6.45, 7) is 5.70. The topological polar surface area (TPSA) is 107 Å². The molecule has 8 nitrogen and oxygen atoms in total. The van der Waals surface area contributed by atoms with Gasteiger partial charge in [-0.15, -0.1) is 0 Å². The summed E-state index contributed by atoms with van der Waals surface area (Å²) in [6.07, 6.45) is 7.46. The molecule has 0 bridgehead atoms. The van der Waals surface area contributed by atoms with Gasteiger partial charge in [0.15, 0.2) is 0 Å². The smallest absolute Gasteiger partial charge is 0.254 e. The molecule has 5 rings (SSSR count). The third-order valence-corrected chi connectivity index (χ3v) is 7.66. The summed E-state index contributed by atoms with van der Waals surface area (Å²) < 4.78 is 37.6. The van der Waals surface area contributed by atoms with Crippen LogP contribution in [-0.4, -0.2) is 50.8 Å². The first-order valence-electron chi connectivity index (χ1n) is 13.5. The fourth-order valence-electron chi connectivity index (χ4n) is 5.87. The van der Waals surface area contributed by atoms with E-state index in [9.17, 15) is 9.18 Å². The molecule has 0 aliphatic heterocycles. The Bertz CT molecular complexity index is 1530. The van der Waals surface area contributed by atoms with E-state index in [-0.39, 0.29) is 40.9 Å². The summed E-state index contributed by atoms with van der Waals surface area (Å²) in [7, 11) is 1.71. The van der Waals surface area contributed by atoms with Crippen molar-refractivity contribution in [2.45, 2.75) is 64.1 Å². The normalized spacial score (nSPS) is 21.2. The molecule has 1 aliphatic rings. The van der Waals surface area contributed by atoms with Crippen molar-refractivity contribution in [2.75, 3.05) is 7.11 Å². The summed E-state index contributed by atoms with van der Waals surface area (Å²) >= 11 is 0. The zero-order chi connectivity index (χ0) is 28.6. The van der Waals surface area contributed by atoms with Crippen LogP contribution in [0.2, 0.25) is 0 Å². The zero-order valence-electron chi connectivity index (χ0n) is 23.1. The molecule has 4 aromatic rings. The van der Waals surface area contributed by atoms with Gasteiger partial charge in [0.05, 0.1) is 34.6 Å². The van der Waals surface area contributed by atoms with E-state index < -0.39 is 17.5 Å². The van der Waals surface area contributed by atoms with Crippen molar-refractivity contribution in [2.24, 2.45) is 11.7 Å². The summed E-state index contributed by atoms with van der Waals surface area (Å²) in [5, 5.41) is 7.20. The third kappa shape index (κ3) is 5.33. The molecule has 3 N–H and O–H groups in total. The van der Waals surface area contributed by atoms with Crippen molar-refractivity contribution in [3.63, 3.8) is 0 Å². The number of hydrogen-bond donors (Lipinski definition) is 2. The number of halogens is 2. The predicted octanol–water partition coefficient (Wildman–Crippen LogP) is 4.65. The lowest BCUT2D eigenvalue weighted by atomic mass is 9.74. The van der Waals surface area contributed by atoms with Gasteiger partial charge in [-0.25, -0.2) is 18.3 Å². The minimum Gasteiger partial charge on any atom is -0.380 e. The van der Waals surface area contributed by atoms with Gasteiger partial charge in [0.1, 0.15) is 17.5 Å². The van der Waals surface area contributed by atoms with Crippen LogP contribution in [0.3, 0.4) is 0 Å². The number of amides is 1. The molecule has 0 radical (unpaired) electrons. The summed E-state index contributed by atoms with van der Waals surface area (Å²) in [6, 6.07) is 7.22. The van der Waals surface area contributed by atoms with Crippen molar-refractivity contribution in [3.05, 3.63) is 83.1 Å². The minimum absolute atomic E-state index is 0.0242. The Kier molecular flexibility index (Phi) is 7.91. The van der Waals surface area contributed by atoms with Crippen LogP contribution in [0.15, 0.2) is 48.9 Å². The van der Waals surface area contributed by atoms with Crippen LogP contribution in [0.25, 0.3) is 16.8 Å². The number of rotatable bonds is 7. The lowest BCUT2D eigenvalue weighted by Gasteiger charge is -2.38. The summed E-state index contributed by atoms with van der Waals surface area (Å²) in [4.78, 5) is 21.4. The Labute approximate surface area is 232 Å². The maximum absolute atomic E-state index is 15.5. The van der Waals surface area contributed by atoms with Crippen LogP contribution >= 0.6 is 0 Å². The highest BCUT2D eigenvalue weighted by atomic mass is 19.1. The molecule has 10 heteroatoms. The van der Waals surface area contributed by atoms with E-state index in [0.717, 1.165) is 36.1 Å². The minimum atomic E-state index is -0.960. The molecule has 1 fully saturated rings. The molecule has 1 amide bonds. The number of benzene rings is 1. The Morgan fingerprint density at radius 3 is 2.70 bits per heavy atom. The molecule has 0 unspecified atom stereocenters. The number of imidazole rings is 1. The second kappa shape index (κ2) is 11.4. The van der Waals surface area contributed by atoms with E-state index in [2.05, 4.69) is 27.3 Å². The van der Waals surface area contributed by atoms with E-state index in [4.69, 9.17) is 10.5 Å². The number of pyridine rings is 1. The van der Waals surface area contributed by atoms with Gasteiger partial charge >= 0.3 is 0 Å². The van der Waals surface area contributed by atoms with Crippen LogP contribution in [0.4, 0.5) is 8.78 Å². The van der Waals surface area contributed by atoms with Crippen molar-refractivity contribution in [3.8, 4) is 11.3 Å². The number of methoxy groups -OCH3 is 1. The van der Waals surface area contributed by atoms with Gasteiger partial charge in [0.2, 0.25) is 0 Å². The first-order valence-corrected chi connectivity index (χ1v) is 13.5. The van der Waals surface area contributed by atoms with Crippen molar-refractivity contribution < 1.29 is 18.3 Å². The van der Waals surface area contributed by atoms with E-state index in [0.29, 0.717) is 23.7 Å². The molecular formula is C30H34F2N6O2. The maximum Gasteiger partial charge on any atom is 0.254 e. The lowest BCUT2D eigenvalue weighted by molar-refractivity contribution is 0.00970. The SMILES string of the molecule is CO[C@H]1[C@H](N)C[C@H](c2ccncc2Cc2ncc3ccc(-c4c(F)ccc(C(=O)NC(C)C)c4F)nn23)C[C@@H]1C. The molecule has 3 aromatic heterocycles. The molecular weight excluding hydrogens is 514 g/mol. The van der Waals surface area contributed by atoms with E-state index in [1.807, 2.05) is 12.3 Å². The quantitative estimate of drug-likeness (QED) is 0.348. The second-order valence-electron chi connectivity index (χ2n) is 10.9. The van der Waals surface area contributed by atoms with Gasteiger partial charge in [-0.05, 0) is 80.0 Å². The van der Waals surface area contributed by atoms with Crippen LogP contribution in [0, 0.1) is 17.6 Å². The van der Waals surface area contributed by atoms with Crippen molar-refractivity contribution in [1.82, 2.24) is 24.9 Å². The van der Waals surface area contributed by atoms with E-state index >= 15 is 4.39 Å². The molecule has 3 heterocycles. The largest absolute Gasteiger partial charge is 0.380 e. The number of nitrogens with two attached hydrogens (primary N) is 1. The molecule has 40 heavy (non-hydrogen) atoms. The number of carbonyl (C=O) groups excluding carboxylic acids is 1. The fraction of sp³-hybridized carbons (Fsp3) is 0.400. The molecule has 4 atom stereocenters. The van der Waals surface area contributed by atoms with Gasteiger partial charge < -0.3 is 15.8 Å². The number of fused-ring (bicyclic) bond motifs is 1. The molecule has 1 aliphatic carbocycles. The lowest BCUT2D eigenvalue weighted by Crippen LogP contribution is -2.45. The van der Waals surface area contributed by atoms with Crippen LogP contribution in [-0.2, 0) is 11.2 Å². The van der Waals surface area contributed by atoms with Gasteiger partial charge in [0.25, 0.3) is 5.91 Å². The van der Waals surface area contributed by atoms with Crippen LogP contribution < -0.4 is 11.1 Å². The van der Waals surface area contributed by atoms with Gasteiger partial charge in [-0.1, -0.05) is 6.92 Å². The van der Waals surface area contributed by atoms with Gasteiger partial charge in [-0.2, -0.15) is 5.10 Å². The maximum atomic E-state index is 15.5. The average molecular weight is 549 g/mol. The Balaban J connectivity index is 1.49. The monoisotopic (exact) mass is 548 g/mol. The fourth-order valence-corrected chi connectivity index (χ4v) is 5.87. The number of aromatic nitrogens is 4. The van der Waals surface area contributed by atoms with E-state index in [1.165, 1.54) is 6.07 Å². The van der Waals surface area contributed by atoms with Crippen LogP contribution in [0.5, 0.6) is 0 Å².